The maximum Gasteiger partial charge on any atom is 0.279 e. The first-order valence-electron chi connectivity index (χ1n) is 3.61. The highest BCUT2D eigenvalue weighted by Crippen LogP contribution is 2.23. The van der Waals surface area contributed by atoms with Crippen LogP contribution < -0.4 is 5.32 Å². The zero-order valence-corrected chi connectivity index (χ0v) is 7.49. The molecular weight excluding hydrogens is 158 g/mol. The fraction of sp³-hybridized carbons (Fsp3) is 0.625. The summed E-state index contributed by atoms with van der Waals surface area (Å²) in [5, 5.41) is 3.31. The molecule has 2 unspecified atom stereocenters. The molecule has 0 aromatic rings. The van der Waals surface area contributed by atoms with Crippen molar-refractivity contribution in [3.05, 3.63) is 0 Å². The van der Waals surface area contributed by atoms with E-state index in [9.17, 15) is 4.79 Å². The summed E-state index contributed by atoms with van der Waals surface area (Å²) in [6, 6.07) is 0.250. The van der Waals surface area contributed by atoms with Crippen LogP contribution in [0, 0.1) is 11.8 Å². The molecule has 0 saturated carbocycles. The van der Waals surface area contributed by atoms with Gasteiger partial charge in [0.25, 0.3) is 5.24 Å². The van der Waals surface area contributed by atoms with Crippen molar-refractivity contribution >= 4 is 17.0 Å². The van der Waals surface area contributed by atoms with E-state index < -0.39 is 0 Å². The van der Waals surface area contributed by atoms with Gasteiger partial charge < -0.3 is 5.32 Å². The molecule has 1 N–H and O–H groups in total. The van der Waals surface area contributed by atoms with Crippen LogP contribution in [0.15, 0.2) is 0 Å². The zero-order valence-electron chi connectivity index (χ0n) is 6.68. The second kappa shape index (κ2) is 3.68. The normalized spacial score (nSPS) is 29.1. The lowest BCUT2D eigenvalue weighted by molar-refractivity contribution is 0.260. The Balaban J connectivity index is 2.44. The molecule has 3 heteroatoms. The minimum absolute atomic E-state index is 0.0837. The van der Waals surface area contributed by atoms with Crippen molar-refractivity contribution in [1.82, 2.24) is 5.32 Å². The van der Waals surface area contributed by atoms with E-state index in [4.69, 9.17) is 0 Å². The van der Waals surface area contributed by atoms with Crippen LogP contribution in [0.2, 0.25) is 0 Å². The van der Waals surface area contributed by atoms with E-state index in [1.54, 1.807) is 0 Å². The molecule has 1 aliphatic rings. The lowest BCUT2D eigenvalue weighted by Gasteiger charge is -2.08. The predicted octanol–water partition coefficient (Wildman–Crippen LogP) is 1.61. The molecule has 0 bridgehead atoms. The van der Waals surface area contributed by atoms with Crippen LogP contribution in [0.25, 0.3) is 0 Å². The molecule has 1 heterocycles. The lowest BCUT2D eigenvalue weighted by atomic mass is 10.1. The average Bonchev–Trinajstić information content (AvgIpc) is 2.26. The van der Waals surface area contributed by atoms with Gasteiger partial charge in [-0.25, -0.2) is 0 Å². The molecule has 1 rings (SSSR count). The summed E-state index contributed by atoms with van der Waals surface area (Å²) in [7, 11) is 0. The molecule has 0 spiro atoms. The van der Waals surface area contributed by atoms with Crippen LogP contribution in [0.3, 0.4) is 0 Å². The van der Waals surface area contributed by atoms with Gasteiger partial charge in [-0.1, -0.05) is 18.7 Å². The number of hydrogen-bond donors (Lipinski definition) is 1. The molecule has 1 saturated heterocycles. The number of rotatable bonds is 1. The molecule has 60 valence electrons. The first-order valence-corrected chi connectivity index (χ1v) is 4.48. The van der Waals surface area contributed by atoms with Crippen molar-refractivity contribution in [2.75, 3.05) is 0 Å². The Hall–Kier alpha value is -0.620. The fourth-order valence-electron chi connectivity index (χ4n) is 0.983. The number of carbonyl (C=O) groups is 1. The Bertz CT molecular complexity index is 216. The van der Waals surface area contributed by atoms with Gasteiger partial charge in [0.15, 0.2) is 0 Å². The van der Waals surface area contributed by atoms with E-state index >= 15 is 0 Å². The smallest absolute Gasteiger partial charge is 0.279 e. The van der Waals surface area contributed by atoms with Crippen molar-refractivity contribution in [1.29, 1.82) is 0 Å². The third-order valence-electron chi connectivity index (χ3n) is 1.66. The largest absolute Gasteiger partial charge is 0.342 e. The number of nitrogens with one attached hydrogen (secondary N) is 1. The molecule has 0 aliphatic carbocycles. The average molecular weight is 169 g/mol. The summed E-state index contributed by atoms with van der Waals surface area (Å²) >= 11 is 1.36. The number of hydrogen-bond acceptors (Lipinski definition) is 2. The van der Waals surface area contributed by atoms with Crippen molar-refractivity contribution in [2.45, 2.75) is 31.6 Å². The Labute approximate surface area is 71.1 Å². The first-order chi connectivity index (χ1) is 5.24. The summed E-state index contributed by atoms with van der Waals surface area (Å²) < 4.78 is 0. The zero-order chi connectivity index (χ0) is 8.27. The Morgan fingerprint density at radius 1 is 1.73 bits per heavy atom. The van der Waals surface area contributed by atoms with Gasteiger partial charge in [0, 0.05) is 11.7 Å². The first kappa shape index (κ1) is 8.48. The Kier molecular flexibility index (Phi) is 2.84. The van der Waals surface area contributed by atoms with Crippen LogP contribution in [-0.4, -0.2) is 16.5 Å². The molecule has 0 aromatic heterocycles. The van der Waals surface area contributed by atoms with Gasteiger partial charge >= 0.3 is 0 Å². The Morgan fingerprint density at radius 2 is 2.45 bits per heavy atom. The van der Waals surface area contributed by atoms with Crippen molar-refractivity contribution in [2.24, 2.45) is 0 Å². The summed E-state index contributed by atoms with van der Waals surface area (Å²) in [5.74, 6) is 5.78. The van der Waals surface area contributed by atoms with Gasteiger partial charge in [-0.2, -0.15) is 0 Å². The number of amides is 1. The van der Waals surface area contributed by atoms with Crippen molar-refractivity contribution < 1.29 is 4.79 Å². The topological polar surface area (TPSA) is 29.1 Å². The van der Waals surface area contributed by atoms with Gasteiger partial charge in [0.05, 0.1) is 6.04 Å². The monoisotopic (exact) mass is 169 g/mol. The second-order valence-corrected chi connectivity index (χ2v) is 3.84. The van der Waals surface area contributed by atoms with E-state index in [1.165, 1.54) is 11.8 Å². The number of thioether (sulfide) groups is 1. The highest BCUT2D eigenvalue weighted by molar-refractivity contribution is 8.14. The quantitative estimate of drug-likeness (QED) is 0.604. The van der Waals surface area contributed by atoms with Gasteiger partial charge in [-0.15, -0.1) is 11.8 Å². The molecule has 0 aromatic carbocycles. The molecule has 11 heavy (non-hydrogen) atoms. The molecule has 2 nitrogen and oxygen atoms in total. The third-order valence-corrected chi connectivity index (χ3v) is 2.69. The SMILES string of the molecule is CC#CCC1NC(=O)SC1C. The van der Waals surface area contributed by atoms with Crippen LogP contribution in [0.4, 0.5) is 4.79 Å². The predicted molar refractivity (Wildman–Crippen MR) is 47.4 cm³/mol. The van der Waals surface area contributed by atoms with E-state index in [0.717, 1.165) is 6.42 Å². The molecule has 0 radical (unpaired) electrons. The van der Waals surface area contributed by atoms with E-state index in [-0.39, 0.29) is 11.3 Å². The van der Waals surface area contributed by atoms with Crippen molar-refractivity contribution in [3.63, 3.8) is 0 Å². The van der Waals surface area contributed by atoms with Gasteiger partial charge in [0.1, 0.15) is 0 Å². The molecule has 1 aliphatic heterocycles. The standard InChI is InChI=1S/C8H11NOS/c1-3-4-5-7-6(2)11-8(10)9-7/h6-7H,5H2,1-2H3,(H,9,10). The molecular formula is C8H11NOS. The van der Waals surface area contributed by atoms with E-state index in [1.807, 2.05) is 13.8 Å². The number of carbonyl (C=O) groups excluding carboxylic acids is 1. The van der Waals surface area contributed by atoms with Gasteiger partial charge in [0.2, 0.25) is 0 Å². The van der Waals surface area contributed by atoms with Crippen LogP contribution in [0.5, 0.6) is 0 Å². The maximum atomic E-state index is 10.8. The maximum absolute atomic E-state index is 10.8. The van der Waals surface area contributed by atoms with Gasteiger partial charge in [-0.3, -0.25) is 4.79 Å². The summed E-state index contributed by atoms with van der Waals surface area (Å²) in [6.45, 7) is 3.86. The summed E-state index contributed by atoms with van der Waals surface area (Å²) in [5.41, 5.74) is 0. The highest BCUT2D eigenvalue weighted by Gasteiger charge is 2.28. The second-order valence-electron chi connectivity index (χ2n) is 2.49. The van der Waals surface area contributed by atoms with E-state index in [2.05, 4.69) is 17.2 Å². The summed E-state index contributed by atoms with van der Waals surface area (Å²) in [6.07, 6.45) is 0.774. The minimum atomic E-state index is 0.0837. The minimum Gasteiger partial charge on any atom is -0.342 e. The van der Waals surface area contributed by atoms with Crippen LogP contribution in [-0.2, 0) is 0 Å². The van der Waals surface area contributed by atoms with Crippen molar-refractivity contribution in [3.8, 4) is 11.8 Å². The Morgan fingerprint density at radius 3 is 2.91 bits per heavy atom. The third kappa shape index (κ3) is 2.16. The molecule has 1 fully saturated rings. The van der Waals surface area contributed by atoms with Crippen LogP contribution in [0.1, 0.15) is 20.3 Å². The van der Waals surface area contributed by atoms with Gasteiger partial charge in [-0.05, 0) is 6.92 Å². The summed E-state index contributed by atoms with van der Waals surface area (Å²) in [4.78, 5) is 10.8. The van der Waals surface area contributed by atoms with E-state index in [0.29, 0.717) is 5.25 Å². The highest BCUT2D eigenvalue weighted by atomic mass is 32.2. The van der Waals surface area contributed by atoms with Crippen LogP contribution >= 0.6 is 11.8 Å². The molecule has 2 atom stereocenters. The molecule has 1 amide bonds. The fourth-order valence-corrected chi connectivity index (χ4v) is 1.87. The lowest BCUT2D eigenvalue weighted by Crippen LogP contribution is -2.29.